The average Bonchev–Trinajstić information content (AvgIpc) is 3.24. The maximum atomic E-state index is 12.8. The number of methoxy groups -OCH3 is 1. The molecule has 3 aromatic carbocycles. The van der Waals surface area contributed by atoms with Crippen LogP contribution >= 0.6 is 0 Å². The van der Waals surface area contributed by atoms with Gasteiger partial charge >= 0.3 is 12.1 Å². The molecule has 0 unspecified atom stereocenters. The highest BCUT2D eigenvalue weighted by Gasteiger charge is 2.30. The number of unbranched alkanes of at least 4 members (excludes halogenated alkanes) is 1. The molecule has 1 amide bonds. The minimum atomic E-state index is -0.814. The normalized spacial score (nSPS) is 12.8. The van der Waals surface area contributed by atoms with E-state index in [0.717, 1.165) is 40.0 Å². The molecule has 0 aromatic heterocycles. The topological polar surface area (TPSA) is 99.9 Å². The van der Waals surface area contributed by atoms with Crippen molar-refractivity contribution < 1.29 is 23.8 Å². The first-order valence-electron chi connectivity index (χ1n) is 12.2. The second-order valence-corrected chi connectivity index (χ2v) is 8.76. The number of hydrogen-bond donors (Lipinski definition) is 2. The SMILES string of the molecule is COc1ccc(COC(=O)[C@H](CCCCN)NC(=O)OCC2c3ccccc3-c3ccccc32)cc1. The van der Waals surface area contributed by atoms with Gasteiger partial charge in [0.25, 0.3) is 0 Å². The number of ether oxygens (including phenoxy) is 3. The Hall–Kier alpha value is -3.84. The average molecular weight is 489 g/mol. The van der Waals surface area contributed by atoms with Gasteiger partial charge in [0.2, 0.25) is 0 Å². The second kappa shape index (κ2) is 12.2. The fraction of sp³-hybridized carbons (Fsp3) is 0.310. The lowest BCUT2D eigenvalue weighted by atomic mass is 9.98. The first kappa shape index (κ1) is 25.3. The molecule has 36 heavy (non-hydrogen) atoms. The van der Waals surface area contributed by atoms with Gasteiger partial charge in [-0.15, -0.1) is 0 Å². The Kier molecular flexibility index (Phi) is 8.57. The summed E-state index contributed by atoms with van der Waals surface area (Å²) in [4.78, 5) is 25.5. The summed E-state index contributed by atoms with van der Waals surface area (Å²) in [6.45, 7) is 0.789. The number of rotatable bonds is 11. The summed E-state index contributed by atoms with van der Waals surface area (Å²) in [6, 6.07) is 22.7. The highest BCUT2D eigenvalue weighted by atomic mass is 16.6. The van der Waals surface area contributed by atoms with Crippen LogP contribution in [0.5, 0.6) is 5.75 Å². The molecule has 0 heterocycles. The molecule has 0 radical (unpaired) electrons. The quantitative estimate of drug-likeness (QED) is 0.298. The summed E-state index contributed by atoms with van der Waals surface area (Å²) in [5.74, 6) is 0.166. The maximum Gasteiger partial charge on any atom is 0.407 e. The van der Waals surface area contributed by atoms with Gasteiger partial charge in [-0.1, -0.05) is 60.7 Å². The summed E-state index contributed by atoms with van der Waals surface area (Å²) in [5.41, 5.74) is 11.0. The van der Waals surface area contributed by atoms with E-state index in [9.17, 15) is 9.59 Å². The monoisotopic (exact) mass is 488 g/mol. The third-order valence-electron chi connectivity index (χ3n) is 6.41. The van der Waals surface area contributed by atoms with E-state index in [0.29, 0.717) is 19.4 Å². The fourth-order valence-electron chi connectivity index (χ4n) is 4.50. The molecule has 1 atom stereocenters. The minimum absolute atomic E-state index is 0.0548. The maximum absolute atomic E-state index is 12.8. The largest absolute Gasteiger partial charge is 0.497 e. The van der Waals surface area contributed by atoms with Gasteiger partial charge in [0.15, 0.2) is 0 Å². The number of hydrogen-bond acceptors (Lipinski definition) is 6. The molecular weight excluding hydrogens is 456 g/mol. The molecule has 1 aliphatic carbocycles. The summed E-state index contributed by atoms with van der Waals surface area (Å²) in [5, 5.41) is 2.71. The van der Waals surface area contributed by atoms with Crippen LogP contribution in [-0.4, -0.2) is 38.4 Å². The smallest absolute Gasteiger partial charge is 0.407 e. The van der Waals surface area contributed by atoms with Crippen molar-refractivity contribution in [3.05, 3.63) is 89.5 Å². The van der Waals surface area contributed by atoms with Crippen molar-refractivity contribution in [1.82, 2.24) is 5.32 Å². The lowest BCUT2D eigenvalue weighted by molar-refractivity contribution is -0.147. The Morgan fingerprint density at radius 3 is 2.14 bits per heavy atom. The number of nitrogens with two attached hydrogens (primary N) is 1. The summed E-state index contributed by atoms with van der Waals surface area (Å²) in [6.07, 6.45) is 1.20. The molecule has 4 rings (SSSR count). The van der Waals surface area contributed by atoms with Crippen LogP contribution in [-0.2, 0) is 20.9 Å². The van der Waals surface area contributed by atoms with Gasteiger partial charge in [0.1, 0.15) is 25.0 Å². The van der Waals surface area contributed by atoms with E-state index in [1.54, 1.807) is 19.2 Å². The molecule has 0 saturated heterocycles. The van der Waals surface area contributed by atoms with Gasteiger partial charge in [0.05, 0.1) is 7.11 Å². The molecule has 0 fully saturated rings. The van der Waals surface area contributed by atoms with E-state index in [1.807, 2.05) is 36.4 Å². The zero-order valence-electron chi connectivity index (χ0n) is 20.4. The van der Waals surface area contributed by atoms with Gasteiger partial charge in [0, 0.05) is 5.92 Å². The van der Waals surface area contributed by atoms with E-state index in [1.165, 1.54) is 0 Å². The molecule has 188 valence electrons. The summed E-state index contributed by atoms with van der Waals surface area (Å²) < 4.78 is 16.3. The molecule has 3 N–H and O–H groups in total. The predicted octanol–water partition coefficient (Wildman–Crippen LogP) is 4.77. The minimum Gasteiger partial charge on any atom is -0.497 e. The van der Waals surface area contributed by atoms with E-state index in [2.05, 4.69) is 29.6 Å². The third kappa shape index (κ3) is 6.04. The van der Waals surface area contributed by atoms with Crippen LogP contribution in [0, 0.1) is 0 Å². The van der Waals surface area contributed by atoms with Gasteiger partial charge in [-0.25, -0.2) is 9.59 Å². The van der Waals surface area contributed by atoms with E-state index in [-0.39, 0.29) is 19.1 Å². The first-order valence-corrected chi connectivity index (χ1v) is 12.2. The summed E-state index contributed by atoms with van der Waals surface area (Å²) in [7, 11) is 1.59. The van der Waals surface area contributed by atoms with Crippen molar-refractivity contribution in [3.63, 3.8) is 0 Å². The zero-order valence-corrected chi connectivity index (χ0v) is 20.4. The number of esters is 1. The van der Waals surface area contributed by atoms with Crippen LogP contribution in [0.25, 0.3) is 11.1 Å². The van der Waals surface area contributed by atoms with Crippen molar-refractivity contribution in [2.24, 2.45) is 5.73 Å². The lowest BCUT2D eigenvalue weighted by Gasteiger charge is -2.19. The molecule has 3 aromatic rings. The van der Waals surface area contributed by atoms with Crippen LogP contribution < -0.4 is 15.8 Å². The number of alkyl carbamates (subject to hydrolysis) is 1. The van der Waals surface area contributed by atoms with E-state index in [4.69, 9.17) is 19.9 Å². The fourth-order valence-corrected chi connectivity index (χ4v) is 4.50. The predicted molar refractivity (Wildman–Crippen MR) is 138 cm³/mol. The number of fused-ring (bicyclic) bond motifs is 3. The van der Waals surface area contributed by atoms with Crippen molar-refractivity contribution in [2.75, 3.05) is 20.3 Å². The highest BCUT2D eigenvalue weighted by Crippen LogP contribution is 2.44. The molecule has 0 aliphatic heterocycles. The Bertz CT molecular complexity index is 1130. The van der Waals surface area contributed by atoms with E-state index < -0.39 is 18.1 Å². The van der Waals surface area contributed by atoms with Crippen LogP contribution in [0.1, 0.15) is 41.9 Å². The Labute approximate surface area is 211 Å². The third-order valence-corrected chi connectivity index (χ3v) is 6.41. The van der Waals surface area contributed by atoms with Crippen LogP contribution in [0.4, 0.5) is 4.79 Å². The van der Waals surface area contributed by atoms with Crippen LogP contribution in [0.15, 0.2) is 72.8 Å². The number of carbonyl (C=O) groups excluding carboxylic acids is 2. The molecule has 0 bridgehead atoms. The summed E-state index contributed by atoms with van der Waals surface area (Å²) >= 11 is 0. The molecular formula is C29H32N2O5. The van der Waals surface area contributed by atoms with E-state index >= 15 is 0 Å². The standard InChI is InChI=1S/C29H32N2O5/c1-34-21-15-13-20(14-16-21)18-35-28(32)27(12-6-7-17-30)31-29(33)36-19-26-24-10-4-2-8-22(24)23-9-3-5-11-25(23)26/h2-5,8-11,13-16,26-27H,6-7,12,17-19,30H2,1H3,(H,31,33)/t27-/m0/s1. The number of carbonyl (C=O) groups is 2. The molecule has 7 heteroatoms. The van der Waals surface area contributed by atoms with Gasteiger partial charge in [-0.3, -0.25) is 0 Å². The Morgan fingerprint density at radius 2 is 1.53 bits per heavy atom. The second-order valence-electron chi connectivity index (χ2n) is 8.76. The molecule has 7 nitrogen and oxygen atoms in total. The lowest BCUT2D eigenvalue weighted by Crippen LogP contribution is -2.42. The van der Waals surface area contributed by atoms with Crippen molar-refractivity contribution in [1.29, 1.82) is 0 Å². The molecule has 1 aliphatic rings. The first-order chi connectivity index (χ1) is 17.6. The molecule has 0 spiro atoms. The van der Waals surface area contributed by atoms with Gasteiger partial charge in [-0.05, 0) is 65.8 Å². The number of amides is 1. The Balaban J connectivity index is 1.36. The number of nitrogens with one attached hydrogen (secondary N) is 1. The van der Waals surface area contributed by atoms with Crippen LogP contribution in [0.3, 0.4) is 0 Å². The zero-order chi connectivity index (χ0) is 25.3. The Morgan fingerprint density at radius 1 is 0.889 bits per heavy atom. The van der Waals surface area contributed by atoms with Crippen molar-refractivity contribution in [3.8, 4) is 16.9 Å². The van der Waals surface area contributed by atoms with Gasteiger partial charge < -0.3 is 25.3 Å². The van der Waals surface area contributed by atoms with Gasteiger partial charge in [-0.2, -0.15) is 0 Å². The van der Waals surface area contributed by atoms with Crippen molar-refractivity contribution >= 4 is 12.1 Å². The van der Waals surface area contributed by atoms with Crippen molar-refractivity contribution in [2.45, 2.75) is 37.8 Å². The highest BCUT2D eigenvalue weighted by molar-refractivity contribution is 5.82. The van der Waals surface area contributed by atoms with Crippen LogP contribution in [0.2, 0.25) is 0 Å². The number of benzene rings is 3. The molecule has 0 saturated carbocycles.